The van der Waals surface area contributed by atoms with E-state index in [0.717, 1.165) is 57.8 Å². The minimum absolute atomic E-state index is 0.230. The van der Waals surface area contributed by atoms with Crippen LogP contribution in [0.15, 0.2) is 36.5 Å². The lowest BCUT2D eigenvalue weighted by atomic mass is 9.96. The molecule has 0 bridgehead atoms. The molecule has 1 amide bonds. The summed E-state index contributed by atoms with van der Waals surface area (Å²) in [5.41, 5.74) is 0. The van der Waals surface area contributed by atoms with Crippen molar-refractivity contribution in [3.63, 3.8) is 0 Å². The van der Waals surface area contributed by atoms with E-state index >= 15 is 0 Å². The molecule has 0 saturated carbocycles. The highest BCUT2D eigenvalue weighted by Gasteiger charge is 2.53. The Bertz CT molecular complexity index is 1390. The molecule has 12 N–H and O–H groups in total. The normalized spacial score (nSPS) is 33.8. The van der Waals surface area contributed by atoms with Gasteiger partial charge in [0.25, 0.3) is 0 Å². The summed E-state index contributed by atoms with van der Waals surface area (Å²) < 4.78 is 34.0. The van der Waals surface area contributed by atoms with Gasteiger partial charge >= 0.3 is 0 Å². The molecular formula is C48H85NO18. The van der Waals surface area contributed by atoms with Crippen LogP contribution in [0.2, 0.25) is 0 Å². The number of hydrogen-bond donors (Lipinski definition) is 12. The van der Waals surface area contributed by atoms with Gasteiger partial charge in [0.1, 0.15) is 73.2 Å². The van der Waals surface area contributed by atoms with E-state index in [1.807, 2.05) is 6.08 Å². The van der Waals surface area contributed by atoms with Crippen LogP contribution in [0, 0.1) is 0 Å². The second-order valence-electron chi connectivity index (χ2n) is 17.9. The van der Waals surface area contributed by atoms with E-state index < -0.39 is 124 Å². The number of carbonyl (C=O) groups is 1. The number of aliphatic hydroxyl groups is 11. The minimum atomic E-state index is -1.98. The van der Waals surface area contributed by atoms with Crippen LogP contribution < -0.4 is 5.32 Å². The van der Waals surface area contributed by atoms with Gasteiger partial charge in [-0.25, -0.2) is 0 Å². The van der Waals surface area contributed by atoms with Gasteiger partial charge in [0.15, 0.2) is 18.9 Å². The summed E-state index contributed by atoms with van der Waals surface area (Å²) in [5.74, 6) is -0.301. The molecule has 0 aromatic rings. The molecule has 0 radical (unpaired) electrons. The third-order valence-electron chi connectivity index (χ3n) is 12.4. The fourth-order valence-electron chi connectivity index (χ4n) is 8.22. The average molecular weight is 964 g/mol. The molecule has 3 heterocycles. The number of hydrogen-bond acceptors (Lipinski definition) is 18. The maximum absolute atomic E-state index is 13.1. The Hall–Kier alpha value is -1.99. The summed E-state index contributed by atoms with van der Waals surface area (Å²) in [6.45, 7) is 1.57. The van der Waals surface area contributed by atoms with Crippen LogP contribution in [0.4, 0.5) is 0 Å². The van der Waals surface area contributed by atoms with E-state index in [4.69, 9.17) is 28.4 Å². The maximum atomic E-state index is 13.1. The topological polar surface area (TPSA) is 307 Å². The molecule has 0 spiro atoms. The van der Waals surface area contributed by atoms with Crippen LogP contribution in [0.3, 0.4) is 0 Å². The number of nitrogens with one attached hydrogen (secondary N) is 1. The lowest BCUT2D eigenvalue weighted by Gasteiger charge is -2.48. The minimum Gasteiger partial charge on any atom is -0.394 e. The van der Waals surface area contributed by atoms with Gasteiger partial charge in [-0.3, -0.25) is 4.79 Å². The van der Waals surface area contributed by atoms with Crippen molar-refractivity contribution in [3.05, 3.63) is 36.5 Å². The van der Waals surface area contributed by atoms with Crippen LogP contribution in [0.25, 0.3) is 0 Å². The van der Waals surface area contributed by atoms with Crippen molar-refractivity contribution >= 4 is 5.91 Å². The summed E-state index contributed by atoms with van der Waals surface area (Å²) in [4.78, 5) is 13.1. The highest BCUT2D eigenvalue weighted by molar-refractivity contribution is 5.76. The Morgan fingerprint density at radius 1 is 0.522 bits per heavy atom. The molecule has 390 valence electrons. The van der Waals surface area contributed by atoms with Crippen LogP contribution in [-0.2, 0) is 33.2 Å². The van der Waals surface area contributed by atoms with Crippen molar-refractivity contribution < 1.29 is 89.4 Å². The first-order chi connectivity index (χ1) is 32.3. The highest BCUT2D eigenvalue weighted by atomic mass is 16.8. The average Bonchev–Trinajstić information content (AvgIpc) is 3.32. The van der Waals surface area contributed by atoms with Crippen LogP contribution >= 0.6 is 0 Å². The van der Waals surface area contributed by atoms with Gasteiger partial charge in [0.2, 0.25) is 5.91 Å². The van der Waals surface area contributed by atoms with Crippen LogP contribution in [0.1, 0.15) is 129 Å². The predicted octanol–water partition coefficient (Wildman–Crippen LogP) is 1.03. The number of allylic oxidation sites excluding steroid dienone is 5. The van der Waals surface area contributed by atoms with Crippen molar-refractivity contribution in [1.29, 1.82) is 0 Å². The van der Waals surface area contributed by atoms with E-state index in [9.17, 15) is 61.0 Å². The zero-order valence-electron chi connectivity index (χ0n) is 39.6. The van der Waals surface area contributed by atoms with E-state index in [-0.39, 0.29) is 18.9 Å². The number of ether oxygens (including phenoxy) is 6. The molecule has 17 unspecified atom stereocenters. The fourth-order valence-corrected chi connectivity index (χ4v) is 8.22. The monoisotopic (exact) mass is 964 g/mol. The first kappa shape index (κ1) is 59.3. The zero-order chi connectivity index (χ0) is 49.1. The summed E-state index contributed by atoms with van der Waals surface area (Å²) in [5, 5.41) is 119. The van der Waals surface area contributed by atoms with Crippen molar-refractivity contribution in [2.75, 3.05) is 26.4 Å². The smallest absolute Gasteiger partial charge is 0.220 e. The Morgan fingerprint density at radius 3 is 1.49 bits per heavy atom. The van der Waals surface area contributed by atoms with Gasteiger partial charge < -0.3 is 89.9 Å². The molecule has 3 aliphatic heterocycles. The van der Waals surface area contributed by atoms with Crippen molar-refractivity contribution in [1.82, 2.24) is 5.32 Å². The standard InChI is InChI=1S/C48H85NO18/c1-3-5-7-9-11-12-13-14-15-16-17-18-20-21-23-25-32(53)31(49-36(54)26-24-22-19-10-8-6-4-2)30-62-46-42(60)39(57)44(34(28-51)64-46)67-48-43(61)40(58)45(35(29-52)65-48)66-47-41(59)38(56)37(55)33(27-50)63-47/h13-14,17-18,23,25,31-35,37-48,50-53,55-61H,3-12,15-16,19-22,24,26-30H2,1-2H3,(H,49,54)/b14-13+,18-17+,25-23+. The van der Waals surface area contributed by atoms with E-state index in [1.165, 1.54) is 38.5 Å². The second kappa shape index (κ2) is 33.6. The number of aliphatic hydroxyl groups excluding tert-OH is 11. The molecule has 17 atom stereocenters. The molecule has 0 aromatic heterocycles. The Morgan fingerprint density at radius 2 is 0.955 bits per heavy atom. The molecule has 19 heteroatoms. The van der Waals surface area contributed by atoms with Gasteiger partial charge in [-0.15, -0.1) is 0 Å². The number of rotatable bonds is 33. The van der Waals surface area contributed by atoms with E-state index in [1.54, 1.807) is 6.08 Å². The van der Waals surface area contributed by atoms with Gasteiger partial charge in [-0.05, 0) is 44.9 Å². The van der Waals surface area contributed by atoms with Gasteiger partial charge in [0, 0.05) is 6.42 Å². The van der Waals surface area contributed by atoms with Gasteiger partial charge in [0.05, 0.1) is 38.6 Å². The quantitative estimate of drug-likeness (QED) is 0.0323. The van der Waals surface area contributed by atoms with Crippen LogP contribution in [-0.4, -0.2) is 193 Å². The van der Waals surface area contributed by atoms with E-state index in [0.29, 0.717) is 12.8 Å². The SMILES string of the molecule is CCCCCCC/C=C/CC/C=C/CC/C=C/C(O)C(COC1OC(CO)C(OC2OC(CO)C(OC3OC(CO)C(O)C(O)C3O)C(O)C2O)C(O)C1O)NC(=O)CCCCCCCCC. The molecule has 3 fully saturated rings. The Kier molecular flexibility index (Phi) is 29.7. The van der Waals surface area contributed by atoms with Crippen molar-refractivity contribution in [2.24, 2.45) is 0 Å². The molecular weight excluding hydrogens is 879 g/mol. The first-order valence-electron chi connectivity index (χ1n) is 24.7. The largest absolute Gasteiger partial charge is 0.394 e. The summed E-state index contributed by atoms with van der Waals surface area (Å²) >= 11 is 0. The highest BCUT2D eigenvalue weighted by Crippen LogP contribution is 2.33. The van der Waals surface area contributed by atoms with Crippen molar-refractivity contribution in [2.45, 2.75) is 234 Å². The summed E-state index contributed by atoms with van der Waals surface area (Å²) in [7, 11) is 0. The molecule has 3 aliphatic rings. The number of carbonyl (C=O) groups excluding carboxylic acids is 1. The van der Waals surface area contributed by atoms with E-state index in [2.05, 4.69) is 43.5 Å². The molecule has 3 rings (SSSR count). The molecule has 3 saturated heterocycles. The lowest BCUT2D eigenvalue weighted by Crippen LogP contribution is -2.66. The first-order valence-corrected chi connectivity index (χ1v) is 24.7. The zero-order valence-corrected chi connectivity index (χ0v) is 39.6. The summed E-state index contributed by atoms with van der Waals surface area (Å²) in [6, 6.07) is -0.988. The molecule has 67 heavy (non-hydrogen) atoms. The third-order valence-corrected chi connectivity index (χ3v) is 12.4. The van der Waals surface area contributed by atoms with Gasteiger partial charge in [-0.2, -0.15) is 0 Å². The van der Waals surface area contributed by atoms with Crippen LogP contribution in [0.5, 0.6) is 0 Å². The maximum Gasteiger partial charge on any atom is 0.220 e. The fraction of sp³-hybridized carbons (Fsp3) is 0.854. The second-order valence-corrected chi connectivity index (χ2v) is 17.9. The Labute approximate surface area is 396 Å². The number of unbranched alkanes of at least 4 members (excludes halogenated alkanes) is 13. The molecule has 0 aromatic carbocycles. The number of amides is 1. The summed E-state index contributed by atoms with van der Waals surface area (Å²) in [6.07, 6.45) is 3.31. The Balaban J connectivity index is 1.58. The molecule has 19 nitrogen and oxygen atoms in total. The third kappa shape index (κ3) is 20.0. The molecule has 0 aliphatic carbocycles. The lowest BCUT2D eigenvalue weighted by molar-refractivity contribution is -0.379. The predicted molar refractivity (Wildman–Crippen MR) is 245 cm³/mol. The van der Waals surface area contributed by atoms with Gasteiger partial charge in [-0.1, -0.05) is 115 Å². The van der Waals surface area contributed by atoms with Crippen molar-refractivity contribution in [3.8, 4) is 0 Å².